The van der Waals surface area contributed by atoms with Gasteiger partial charge in [-0.2, -0.15) is 0 Å². The summed E-state index contributed by atoms with van der Waals surface area (Å²) in [6.45, 7) is 16.5. The van der Waals surface area contributed by atoms with E-state index >= 15 is 0 Å². The molecule has 54 heavy (non-hydrogen) atoms. The van der Waals surface area contributed by atoms with Gasteiger partial charge in [-0.3, -0.25) is 0 Å². The highest BCUT2D eigenvalue weighted by Crippen LogP contribution is 2.48. The van der Waals surface area contributed by atoms with Gasteiger partial charge in [-0.15, -0.1) is 0 Å². The standard InChI is InChI=1S/C49H46BN3Si/c1-33-18-24-39(25-19-33)52-43-28-22-35(3)30-41(43)50-42-31-36(4)23-29-44(42)53(40-26-20-34(2)21-27-40)48-47(50)45(52)32-46(49(48)54(5,6)7)51(37-14-10-8-11-15-37)38-16-12-9-13-17-38/h8-32H,1-7H3. The molecule has 0 atom stereocenters. The Morgan fingerprint density at radius 3 is 1.39 bits per heavy atom. The molecule has 0 spiro atoms. The lowest BCUT2D eigenvalue weighted by Crippen LogP contribution is -2.64. The van der Waals surface area contributed by atoms with Crippen LogP contribution in [0.3, 0.4) is 0 Å². The number of para-hydroxylation sites is 2. The zero-order valence-corrected chi connectivity index (χ0v) is 33.4. The number of anilines is 9. The second-order valence-corrected chi connectivity index (χ2v) is 21.2. The number of rotatable bonds is 6. The highest BCUT2D eigenvalue weighted by Gasteiger charge is 2.47. The maximum atomic E-state index is 2.61. The van der Waals surface area contributed by atoms with Gasteiger partial charge < -0.3 is 14.7 Å². The van der Waals surface area contributed by atoms with Crippen LogP contribution in [0.1, 0.15) is 22.3 Å². The molecule has 7 aromatic carbocycles. The zero-order chi connectivity index (χ0) is 37.3. The van der Waals surface area contributed by atoms with Crippen LogP contribution in [-0.4, -0.2) is 14.8 Å². The Morgan fingerprint density at radius 1 is 0.463 bits per heavy atom. The van der Waals surface area contributed by atoms with Crippen molar-refractivity contribution in [2.45, 2.75) is 47.3 Å². The van der Waals surface area contributed by atoms with Crippen molar-refractivity contribution in [2.75, 3.05) is 14.7 Å². The molecule has 0 bridgehead atoms. The quantitative estimate of drug-likeness (QED) is 0.159. The van der Waals surface area contributed by atoms with Crippen molar-refractivity contribution in [3.8, 4) is 0 Å². The molecule has 9 rings (SSSR count). The first-order valence-electron chi connectivity index (χ1n) is 19.1. The van der Waals surface area contributed by atoms with Crippen molar-refractivity contribution >= 4 is 87.5 Å². The predicted molar refractivity (Wildman–Crippen MR) is 237 cm³/mol. The monoisotopic (exact) mass is 715 g/mol. The minimum absolute atomic E-state index is 0.0641. The molecule has 0 radical (unpaired) electrons. The summed E-state index contributed by atoms with van der Waals surface area (Å²) in [6.07, 6.45) is 0. The molecule has 0 saturated heterocycles. The van der Waals surface area contributed by atoms with Crippen molar-refractivity contribution in [2.24, 2.45) is 0 Å². The minimum atomic E-state index is -2.16. The summed E-state index contributed by atoms with van der Waals surface area (Å²) >= 11 is 0. The maximum Gasteiger partial charge on any atom is 0.252 e. The van der Waals surface area contributed by atoms with Crippen LogP contribution in [0.5, 0.6) is 0 Å². The molecular formula is C49H46BN3Si. The lowest BCUT2D eigenvalue weighted by atomic mass is 9.33. The molecule has 0 aromatic heterocycles. The van der Waals surface area contributed by atoms with Gasteiger partial charge in [0, 0.05) is 51.2 Å². The number of aryl methyl sites for hydroxylation is 4. The van der Waals surface area contributed by atoms with Crippen molar-refractivity contribution in [1.82, 2.24) is 0 Å². The minimum Gasteiger partial charge on any atom is -0.311 e. The van der Waals surface area contributed by atoms with E-state index in [-0.39, 0.29) is 6.71 Å². The van der Waals surface area contributed by atoms with Crippen LogP contribution in [0, 0.1) is 27.7 Å². The number of fused-ring (bicyclic) bond motifs is 4. The first-order valence-corrected chi connectivity index (χ1v) is 22.6. The van der Waals surface area contributed by atoms with Gasteiger partial charge in [-0.1, -0.05) is 127 Å². The highest BCUT2D eigenvalue weighted by molar-refractivity contribution is 7.02. The van der Waals surface area contributed by atoms with Crippen LogP contribution in [0.25, 0.3) is 0 Å². The van der Waals surface area contributed by atoms with Crippen LogP contribution in [0.2, 0.25) is 19.6 Å². The van der Waals surface area contributed by atoms with E-state index in [0.717, 1.165) is 11.4 Å². The van der Waals surface area contributed by atoms with E-state index in [2.05, 4.69) is 214 Å². The summed E-state index contributed by atoms with van der Waals surface area (Å²) in [6, 6.07) is 56.8. The third-order valence-corrected chi connectivity index (χ3v) is 13.1. The third kappa shape index (κ3) is 5.57. The lowest BCUT2D eigenvalue weighted by molar-refractivity contribution is 1.23. The smallest absolute Gasteiger partial charge is 0.252 e. The second-order valence-electron chi connectivity index (χ2n) is 16.2. The summed E-state index contributed by atoms with van der Waals surface area (Å²) in [5.74, 6) is 0. The molecule has 2 heterocycles. The largest absolute Gasteiger partial charge is 0.311 e. The van der Waals surface area contributed by atoms with Crippen LogP contribution in [0.4, 0.5) is 51.2 Å². The molecule has 0 unspecified atom stereocenters. The average Bonchev–Trinajstić information content (AvgIpc) is 3.16. The Balaban J connectivity index is 1.50. The van der Waals surface area contributed by atoms with Gasteiger partial charge in [-0.25, -0.2) is 0 Å². The molecule has 0 aliphatic carbocycles. The maximum absolute atomic E-state index is 2.61. The Bertz CT molecular complexity index is 2470. The first-order chi connectivity index (χ1) is 26.1. The molecule has 3 nitrogen and oxygen atoms in total. The molecule has 7 aromatic rings. The summed E-state index contributed by atoms with van der Waals surface area (Å²) in [5, 5.41) is 1.45. The van der Waals surface area contributed by atoms with E-state index in [1.165, 1.54) is 83.6 Å². The number of hydrogen-bond acceptors (Lipinski definition) is 3. The van der Waals surface area contributed by atoms with Gasteiger partial charge in [0.1, 0.15) is 0 Å². The van der Waals surface area contributed by atoms with E-state index in [1.807, 2.05) is 0 Å². The van der Waals surface area contributed by atoms with E-state index in [1.54, 1.807) is 0 Å². The fourth-order valence-electron chi connectivity index (χ4n) is 8.74. The number of nitrogens with zero attached hydrogens (tertiary/aromatic N) is 3. The Labute approximate surface area is 322 Å². The Hall–Kier alpha value is -5.78. The molecule has 0 amide bonds. The normalized spacial score (nSPS) is 13.0. The fraction of sp³-hybridized carbons (Fsp3) is 0.143. The van der Waals surface area contributed by atoms with Crippen molar-refractivity contribution < 1.29 is 0 Å². The Morgan fingerprint density at radius 2 is 0.907 bits per heavy atom. The first kappa shape index (κ1) is 34.0. The Kier molecular flexibility index (Phi) is 8.17. The number of benzene rings is 7. The lowest BCUT2D eigenvalue weighted by Gasteiger charge is -2.47. The van der Waals surface area contributed by atoms with E-state index in [9.17, 15) is 0 Å². The van der Waals surface area contributed by atoms with Gasteiger partial charge in [-0.05, 0) is 116 Å². The van der Waals surface area contributed by atoms with Crippen LogP contribution in [0.15, 0.2) is 152 Å². The van der Waals surface area contributed by atoms with Gasteiger partial charge in [0.15, 0.2) is 0 Å². The van der Waals surface area contributed by atoms with E-state index < -0.39 is 8.07 Å². The molecule has 0 fully saturated rings. The molecule has 0 N–H and O–H groups in total. The zero-order valence-electron chi connectivity index (χ0n) is 32.4. The fourth-order valence-corrected chi connectivity index (χ4v) is 10.6. The van der Waals surface area contributed by atoms with Gasteiger partial charge >= 0.3 is 0 Å². The van der Waals surface area contributed by atoms with Crippen LogP contribution in [-0.2, 0) is 0 Å². The second kappa shape index (κ2) is 13.0. The van der Waals surface area contributed by atoms with Gasteiger partial charge in [0.2, 0.25) is 0 Å². The molecule has 2 aliphatic rings. The van der Waals surface area contributed by atoms with Crippen molar-refractivity contribution in [3.63, 3.8) is 0 Å². The summed E-state index contributed by atoms with van der Waals surface area (Å²) in [7, 11) is -2.16. The van der Waals surface area contributed by atoms with Crippen LogP contribution >= 0.6 is 0 Å². The van der Waals surface area contributed by atoms with E-state index in [4.69, 9.17) is 0 Å². The number of hydrogen-bond donors (Lipinski definition) is 0. The summed E-state index contributed by atoms with van der Waals surface area (Å²) in [4.78, 5) is 7.67. The van der Waals surface area contributed by atoms with Crippen molar-refractivity contribution in [1.29, 1.82) is 0 Å². The molecular weight excluding hydrogens is 669 g/mol. The van der Waals surface area contributed by atoms with Crippen molar-refractivity contribution in [3.05, 3.63) is 174 Å². The van der Waals surface area contributed by atoms with Gasteiger partial charge in [0.05, 0.1) is 8.07 Å². The summed E-state index contributed by atoms with van der Waals surface area (Å²) < 4.78 is 0. The highest BCUT2D eigenvalue weighted by atomic mass is 28.3. The molecule has 0 saturated carbocycles. The SMILES string of the molecule is Cc1ccc(N2c3ccc(C)cc3B3c4cc(C)ccc4N(c4ccc(C)cc4)c4c3c2cc(N(c2ccccc2)c2ccccc2)c4[Si](C)(C)C)cc1. The predicted octanol–water partition coefficient (Wildman–Crippen LogP) is 11.0. The molecule has 5 heteroatoms. The summed E-state index contributed by atoms with van der Waals surface area (Å²) in [5.41, 5.74) is 20.1. The third-order valence-electron chi connectivity index (χ3n) is 11.1. The van der Waals surface area contributed by atoms with Crippen LogP contribution < -0.4 is 36.3 Å². The topological polar surface area (TPSA) is 9.72 Å². The average molecular weight is 716 g/mol. The van der Waals surface area contributed by atoms with E-state index in [0.29, 0.717) is 0 Å². The molecule has 2 aliphatic heterocycles. The molecule has 264 valence electrons. The van der Waals surface area contributed by atoms with Gasteiger partial charge in [0.25, 0.3) is 6.71 Å².